The summed E-state index contributed by atoms with van der Waals surface area (Å²) in [6.45, 7) is 6.49. The molecule has 5 nitrogen and oxygen atoms in total. The molecule has 1 saturated carbocycles. The van der Waals surface area contributed by atoms with Crippen LogP contribution in [0.25, 0.3) is 0 Å². The lowest BCUT2D eigenvalue weighted by atomic mass is 9.87. The van der Waals surface area contributed by atoms with Gasteiger partial charge in [0.25, 0.3) is 0 Å². The molecule has 0 radical (unpaired) electrons. The fraction of sp³-hybridized carbons (Fsp3) is 0.650. The number of para-hydroxylation sites is 2. The van der Waals surface area contributed by atoms with Crippen molar-refractivity contribution in [2.24, 2.45) is 5.92 Å². The number of nitrogens with zero attached hydrogens (tertiary/aromatic N) is 2. The summed E-state index contributed by atoms with van der Waals surface area (Å²) >= 11 is 0. The predicted octanol–water partition coefficient (Wildman–Crippen LogP) is 2.51. The Morgan fingerprint density at radius 1 is 1.12 bits per heavy atom. The van der Waals surface area contributed by atoms with Crippen molar-refractivity contribution in [3.05, 3.63) is 24.3 Å². The largest absolute Gasteiger partial charge is 0.495 e. The van der Waals surface area contributed by atoms with Gasteiger partial charge in [-0.2, -0.15) is 0 Å². The fourth-order valence-corrected chi connectivity index (χ4v) is 3.92. The Morgan fingerprint density at radius 2 is 1.80 bits per heavy atom. The van der Waals surface area contributed by atoms with Gasteiger partial charge in [-0.3, -0.25) is 9.69 Å². The summed E-state index contributed by atoms with van der Waals surface area (Å²) in [4.78, 5) is 16.9. The minimum absolute atomic E-state index is 0.185. The van der Waals surface area contributed by atoms with Crippen LogP contribution in [0.2, 0.25) is 0 Å². The van der Waals surface area contributed by atoms with Crippen LogP contribution in [0.15, 0.2) is 24.3 Å². The van der Waals surface area contributed by atoms with Crippen LogP contribution in [-0.4, -0.2) is 56.7 Å². The van der Waals surface area contributed by atoms with Crippen molar-refractivity contribution in [3.63, 3.8) is 0 Å². The lowest BCUT2D eigenvalue weighted by molar-refractivity contribution is -0.123. The molecule has 0 spiro atoms. The van der Waals surface area contributed by atoms with Crippen molar-refractivity contribution >= 4 is 11.6 Å². The van der Waals surface area contributed by atoms with Gasteiger partial charge in [-0.05, 0) is 43.7 Å². The molecule has 1 amide bonds. The van der Waals surface area contributed by atoms with Crippen molar-refractivity contribution in [1.29, 1.82) is 0 Å². The molecule has 0 atom stereocenters. The molecule has 1 N–H and O–H groups in total. The van der Waals surface area contributed by atoms with Crippen LogP contribution in [0.3, 0.4) is 0 Å². The minimum atomic E-state index is 0.185. The van der Waals surface area contributed by atoms with E-state index in [4.69, 9.17) is 4.74 Å². The van der Waals surface area contributed by atoms with E-state index in [1.54, 1.807) is 7.11 Å². The highest BCUT2D eigenvalue weighted by Crippen LogP contribution is 2.28. The Balaban J connectivity index is 1.44. The Morgan fingerprint density at radius 3 is 2.48 bits per heavy atom. The molecule has 0 aromatic heterocycles. The molecule has 1 aromatic carbocycles. The maximum atomic E-state index is 12.3. The van der Waals surface area contributed by atoms with E-state index in [-0.39, 0.29) is 5.91 Å². The Hall–Kier alpha value is -1.75. The molecule has 2 fully saturated rings. The molecule has 1 aliphatic heterocycles. The molecule has 0 bridgehead atoms. The number of amides is 1. The van der Waals surface area contributed by atoms with Gasteiger partial charge in [0.15, 0.2) is 0 Å². The topological polar surface area (TPSA) is 44.8 Å². The number of piperazine rings is 1. The van der Waals surface area contributed by atoms with Gasteiger partial charge in [0.1, 0.15) is 5.75 Å². The third kappa shape index (κ3) is 4.88. The van der Waals surface area contributed by atoms with Crippen LogP contribution in [0, 0.1) is 5.92 Å². The fourth-order valence-electron chi connectivity index (χ4n) is 3.92. The van der Waals surface area contributed by atoms with E-state index in [2.05, 4.69) is 28.1 Å². The van der Waals surface area contributed by atoms with Gasteiger partial charge in [-0.1, -0.05) is 19.1 Å². The molecular formula is C20H31N3O2. The smallest absolute Gasteiger partial charge is 0.234 e. The summed E-state index contributed by atoms with van der Waals surface area (Å²) in [6.07, 6.45) is 4.74. The molecule has 138 valence electrons. The van der Waals surface area contributed by atoms with Crippen molar-refractivity contribution < 1.29 is 9.53 Å². The maximum Gasteiger partial charge on any atom is 0.234 e. The van der Waals surface area contributed by atoms with E-state index in [1.165, 1.54) is 12.8 Å². The second kappa shape index (κ2) is 8.56. The number of anilines is 1. The lowest BCUT2D eigenvalue weighted by Gasteiger charge is -2.36. The Kier molecular flexibility index (Phi) is 6.19. The third-order valence-corrected chi connectivity index (χ3v) is 5.55. The van der Waals surface area contributed by atoms with Crippen LogP contribution in [0.5, 0.6) is 5.75 Å². The molecule has 1 aromatic rings. The minimum Gasteiger partial charge on any atom is -0.495 e. The first-order valence-corrected chi connectivity index (χ1v) is 9.55. The molecule has 1 saturated heterocycles. The van der Waals surface area contributed by atoms with Crippen LogP contribution in [-0.2, 0) is 4.79 Å². The second-order valence-electron chi connectivity index (χ2n) is 7.46. The van der Waals surface area contributed by atoms with Gasteiger partial charge in [-0.25, -0.2) is 0 Å². The normalized spacial score (nSPS) is 24.8. The molecular weight excluding hydrogens is 314 g/mol. The monoisotopic (exact) mass is 345 g/mol. The maximum absolute atomic E-state index is 12.3. The van der Waals surface area contributed by atoms with Gasteiger partial charge in [0.05, 0.1) is 19.3 Å². The SMILES string of the molecule is COc1ccccc1N1CCN(CC(=O)NC2CCC(C)CC2)CC1. The average Bonchev–Trinajstić information content (AvgIpc) is 2.64. The number of methoxy groups -OCH3 is 1. The van der Waals surface area contributed by atoms with Crippen LogP contribution in [0.4, 0.5) is 5.69 Å². The summed E-state index contributed by atoms with van der Waals surface area (Å²) in [7, 11) is 1.71. The Bertz CT molecular complexity index is 562. The summed E-state index contributed by atoms with van der Waals surface area (Å²) in [6, 6.07) is 8.53. The molecule has 25 heavy (non-hydrogen) atoms. The van der Waals surface area contributed by atoms with Crippen LogP contribution >= 0.6 is 0 Å². The zero-order valence-electron chi connectivity index (χ0n) is 15.5. The lowest BCUT2D eigenvalue weighted by Crippen LogP contribution is -2.50. The first kappa shape index (κ1) is 18.1. The van der Waals surface area contributed by atoms with Gasteiger partial charge in [0, 0.05) is 32.2 Å². The first-order valence-electron chi connectivity index (χ1n) is 9.55. The van der Waals surface area contributed by atoms with Crippen molar-refractivity contribution in [2.75, 3.05) is 44.7 Å². The van der Waals surface area contributed by atoms with E-state index in [9.17, 15) is 4.79 Å². The summed E-state index contributed by atoms with van der Waals surface area (Å²) in [5.41, 5.74) is 1.14. The van der Waals surface area contributed by atoms with Crippen LogP contribution < -0.4 is 15.0 Å². The predicted molar refractivity (Wildman–Crippen MR) is 101 cm³/mol. The number of benzene rings is 1. The summed E-state index contributed by atoms with van der Waals surface area (Å²) in [5.74, 6) is 1.92. The van der Waals surface area contributed by atoms with Gasteiger partial charge < -0.3 is 15.0 Å². The van der Waals surface area contributed by atoms with E-state index in [1.807, 2.05) is 18.2 Å². The molecule has 1 heterocycles. The van der Waals surface area contributed by atoms with E-state index < -0.39 is 0 Å². The second-order valence-corrected chi connectivity index (χ2v) is 7.46. The highest BCUT2D eigenvalue weighted by molar-refractivity contribution is 5.78. The molecule has 5 heteroatoms. The number of carbonyl (C=O) groups is 1. The summed E-state index contributed by atoms with van der Waals surface area (Å²) in [5, 5.41) is 3.23. The highest BCUT2D eigenvalue weighted by Gasteiger charge is 2.23. The van der Waals surface area contributed by atoms with Crippen molar-refractivity contribution in [2.45, 2.75) is 38.6 Å². The standard InChI is InChI=1S/C20H31N3O2/c1-16-7-9-17(10-8-16)21-20(24)15-22-11-13-23(14-12-22)18-5-3-4-6-19(18)25-2/h3-6,16-17H,7-15H2,1-2H3,(H,21,24). The zero-order valence-corrected chi connectivity index (χ0v) is 15.5. The molecule has 0 unspecified atom stereocenters. The number of rotatable bonds is 5. The Labute approximate surface area is 151 Å². The molecule has 2 aliphatic rings. The number of nitrogens with one attached hydrogen (secondary N) is 1. The number of hydrogen-bond acceptors (Lipinski definition) is 4. The van der Waals surface area contributed by atoms with Gasteiger partial charge in [0.2, 0.25) is 5.91 Å². The first-order chi connectivity index (χ1) is 12.2. The van der Waals surface area contributed by atoms with Crippen molar-refractivity contribution in [3.8, 4) is 5.75 Å². The quantitative estimate of drug-likeness (QED) is 0.891. The van der Waals surface area contributed by atoms with E-state index in [0.29, 0.717) is 12.6 Å². The highest BCUT2D eigenvalue weighted by atomic mass is 16.5. The number of carbonyl (C=O) groups excluding carboxylic acids is 1. The van der Waals surface area contributed by atoms with Crippen LogP contribution in [0.1, 0.15) is 32.6 Å². The van der Waals surface area contributed by atoms with Gasteiger partial charge in [-0.15, -0.1) is 0 Å². The van der Waals surface area contributed by atoms with E-state index >= 15 is 0 Å². The summed E-state index contributed by atoms with van der Waals surface area (Å²) < 4.78 is 5.46. The third-order valence-electron chi connectivity index (χ3n) is 5.55. The molecule has 1 aliphatic carbocycles. The number of ether oxygens (including phenoxy) is 1. The number of hydrogen-bond donors (Lipinski definition) is 1. The van der Waals surface area contributed by atoms with Crippen molar-refractivity contribution in [1.82, 2.24) is 10.2 Å². The van der Waals surface area contributed by atoms with E-state index in [0.717, 1.165) is 56.4 Å². The average molecular weight is 345 g/mol. The zero-order chi connectivity index (χ0) is 17.6. The molecule has 3 rings (SSSR count). The van der Waals surface area contributed by atoms with Gasteiger partial charge >= 0.3 is 0 Å².